The van der Waals surface area contributed by atoms with Crippen LogP contribution in [0.3, 0.4) is 0 Å². The van der Waals surface area contributed by atoms with Crippen molar-refractivity contribution >= 4 is 17.5 Å². The quantitative estimate of drug-likeness (QED) is 0.895. The molecule has 132 valence electrons. The molecule has 3 heterocycles. The lowest BCUT2D eigenvalue weighted by Crippen LogP contribution is -2.41. The van der Waals surface area contributed by atoms with Gasteiger partial charge in [-0.2, -0.15) is 0 Å². The molecule has 0 unspecified atom stereocenters. The van der Waals surface area contributed by atoms with Crippen LogP contribution in [0, 0.1) is 11.8 Å². The first-order chi connectivity index (χ1) is 11.6. The van der Waals surface area contributed by atoms with Gasteiger partial charge in [0.05, 0.1) is 0 Å². The molecule has 2 fully saturated rings. The Bertz CT molecular complexity index is 548. The van der Waals surface area contributed by atoms with Crippen LogP contribution >= 0.6 is 0 Å². The Labute approximate surface area is 144 Å². The first kappa shape index (κ1) is 17.0. The molecule has 0 saturated carbocycles. The largest absolute Gasteiger partial charge is 0.356 e. The van der Waals surface area contributed by atoms with Gasteiger partial charge < -0.3 is 15.1 Å². The standard InChI is InChI=1S/C18H29N5O/c1-14(2)12-19-18(24)15-5-9-23(10-6-15)17-11-16(20-13-21-17)22-7-3-4-8-22/h11,13-15H,3-10,12H2,1-2H3,(H,19,24). The predicted molar refractivity (Wildman–Crippen MR) is 96.3 cm³/mol. The zero-order valence-corrected chi connectivity index (χ0v) is 14.9. The number of nitrogens with zero attached hydrogens (tertiary/aromatic N) is 4. The summed E-state index contributed by atoms with van der Waals surface area (Å²) in [5.74, 6) is 2.88. The minimum absolute atomic E-state index is 0.139. The van der Waals surface area contributed by atoms with Crippen LogP contribution in [0.4, 0.5) is 11.6 Å². The van der Waals surface area contributed by atoms with Gasteiger partial charge >= 0.3 is 0 Å². The maximum Gasteiger partial charge on any atom is 0.223 e. The number of aromatic nitrogens is 2. The Morgan fingerprint density at radius 3 is 2.29 bits per heavy atom. The molecule has 6 heteroatoms. The van der Waals surface area contributed by atoms with Crippen molar-refractivity contribution in [2.24, 2.45) is 11.8 Å². The molecule has 1 aromatic heterocycles. The van der Waals surface area contributed by atoms with E-state index < -0.39 is 0 Å². The van der Waals surface area contributed by atoms with E-state index in [2.05, 4.69) is 45.0 Å². The van der Waals surface area contributed by atoms with Crippen molar-refractivity contribution in [3.8, 4) is 0 Å². The first-order valence-corrected chi connectivity index (χ1v) is 9.23. The second-order valence-electron chi connectivity index (χ2n) is 7.33. The molecule has 2 aliphatic rings. The highest BCUT2D eigenvalue weighted by molar-refractivity contribution is 5.79. The number of hydrogen-bond acceptors (Lipinski definition) is 5. The molecule has 0 aromatic carbocycles. The summed E-state index contributed by atoms with van der Waals surface area (Å²) in [6, 6.07) is 2.10. The Morgan fingerprint density at radius 1 is 1.12 bits per heavy atom. The molecule has 2 aliphatic heterocycles. The fraction of sp³-hybridized carbons (Fsp3) is 0.722. The van der Waals surface area contributed by atoms with E-state index in [0.29, 0.717) is 5.92 Å². The number of carbonyl (C=O) groups is 1. The van der Waals surface area contributed by atoms with E-state index in [1.165, 1.54) is 12.8 Å². The summed E-state index contributed by atoms with van der Waals surface area (Å²) in [5, 5.41) is 3.06. The van der Waals surface area contributed by atoms with Crippen LogP contribution < -0.4 is 15.1 Å². The molecule has 24 heavy (non-hydrogen) atoms. The average molecular weight is 331 g/mol. The Hall–Kier alpha value is -1.85. The molecule has 1 amide bonds. The first-order valence-electron chi connectivity index (χ1n) is 9.23. The number of amides is 1. The van der Waals surface area contributed by atoms with Gasteiger partial charge in [-0.05, 0) is 31.6 Å². The van der Waals surface area contributed by atoms with Gasteiger partial charge in [-0.15, -0.1) is 0 Å². The molecule has 0 aliphatic carbocycles. The van der Waals surface area contributed by atoms with E-state index in [1.54, 1.807) is 6.33 Å². The highest BCUT2D eigenvalue weighted by atomic mass is 16.1. The Kier molecular flexibility index (Phi) is 5.53. The number of rotatable bonds is 5. The third kappa shape index (κ3) is 4.16. The van der Waals surface area contributed by atoms with Crippen LogP contribution in [0.15, 0.2) is 12.4 Å². The molecule has 0 spiro atoms. The van der Waals surface area contributed by atoms with Crippen LogP contribution in [0.25, 0.3) is 0 Å². The van der Waals surface area contributed by atoms with E-state index >= 15 is 0 Å². The fourth-order valence-corrected chi connectivity index (χ4v) is 3.45. The van der Waals surface area contributed by atoms with Crippen LogP contribution in [0.1, 0.15) is 39.5 Å². The van der Waals surface area contributed by atoms with Gasteiger partial charge in [0.1, 0.15) is 18.0 Å². The average Bonchev–Trinajstić information content (AvgIpc) is 3.14. The minimum Gasteiger partial charge on any atom is -0.356 e. The second kappa shape index (κ2) is 7.81. The highest BCUT2D eigenvalue weighted by Gasteiger charge is 2.26. The van der Waals surface area contributed by atoms with Gasteiger partial charge in [0.25, 0.3) is 0 Å². The third-order valence-corrected chi connectivity index (χ3v) is 4.94. The van der Waals surface area contributed by atoms with Crippen molar-refractivity contribution < 1.29 is 4.79 Å². The predicted octanol–water partition coefficient (Wildman–Crippen LogP) is 2.07. The lowest BCUT2D eigenvalue weighted by atomic mass is 9.95. The van der Waals surface area contributed by atoms with E-state index in [0.717, 1.165) is 57.2 Å². The van der Waals surface area contributed by atoms with Crippen LogP contribution in [0.5, 0.6) is 0 Å². The topological polar surface area (TPSA) is 61.4 Å². The minimum atomic E-state index is 0.139. The monoisotopic (exact) mass is 331 g/mol. The molecular weight excluding hydrogens is 302 g/mol. The molecule has 3 rings (SSSR count). The SMILES string of the molecule is CC(C)CNC(=O)C1CCN(c2cc(N3CCCC3)ncn2)CC1. The molecule has 0 atom stereocenters. The third-order valence-electron chi connectivity index (χ3n) is 4.94. The summed E-state index contributed by atoms with van der Waals surface area (Å²) >= 11 is 0. The summed E-state index contributed by atoms with van der Waals surface area (Å²) in [6.07, 6.45) is 5.96. The maximum atomic E-state index is 12.2. The van der Waals surface area contributed by atoms with E-state index in [1.807, 2.05) is 0 Å². The number of piperidine rings is 1. The molecule has 0 bridgehead atoms. The van der Waals surface area contributed by atoms with Gasteiger partial charge in [0.2, 0.25) is 5.91 Å². The van der Waals surface area contributed by atoms with E-state index in [9.17, 15) is 4.79 Å². The molecule has 1 aromatic rings. The number of carbonyl (C=O) groups excluding carboxylic acids is 1. The van der Waals surface area contributed by atoms with Crippen LogP contribution in [0.2, 0.25) is 0 Å². The normalized spacial score (nSPS) is 19.1. The van der Waals surface area contributed by atoms with Crippen LogP contribution in [-0.4, -0.2) is 48.6 Å². The number of anilines is 2. The lowest BCUT2D eigenvalue weighted by Gasteiger charge is -2.32. The van der Waals surface area contributed by atoms with Gasteiger partial charge in [-0.3, -0.25) is 4.79 Å². The Balaban J connectivity index is 1.54. The zero-order valence-electron chi connectivity index (χ0n) is 14.9. The van der Waals surface area contributed by atoms with Crippen molar-refractivity contribution in [2.45, 2.75) is 39.5 Å². The summed E-state index contributed by atoms with van der Waals surface area (Å²) in [5.41, 5.74) is 0. The summed E-state index contributed by atoms with van der Waals surface area (Å²) < 4.78 is 0. The van der Waals surface area contributed by atoms with Gasteiger partial charge in [-0.25, -0.2) is 9.97 Å². The van der Waals surface area contributed by atoms with Crippen LogP contribution in [-0.2, 0) is 4.79 Å². The molecular formula is C18H29N5O. The maximum absolute atomic E-state index is 12.2. The van der Waals surface area contributed by atoms with Crippen molar-refractivity contribution in [1.82, 2.24) is 15.3 Å². The number of nitrogens with one attached hydrogen (secondary N) is 1. The van der Waals surface area contributed by atoms with E-state index in [-0.39, 0.29) is 11.8 Å². The fourth-order valence-electron chi connectivity index (χ4n) is 3.45. The molecule has 0 radical (unpaired) electrons. The smallest absolute Gasteiger partial charge is 0.223 e. The molecule has 1 N–H and O–H groups in total. The van der Waals surface area contributed by atoms with Crippen molar-refractivity contribution in [3.05, 3.63) is 12.4 Å². The highest BCUT2D eigenvalue weighted by Crippen LogP contribution is 2.25. The van der Waals surface area contributed by atoms with Gasteiger partial charge in [0, 0.05) is 44.7 Å². The summed E-state index contributed by atoms with van der Waals surface area (Å²) in [6.45, 7) is 8.96. The van der Waals surface area contributed by atoms with Crippen molar-refractivity contribution in [3.63, 3.8) is 0 Å². The summed E-state index contributed by atoms with van der Waals surface area (Å²) in [7, 11) is 0. The lowest BCUT2D eigenvalue weighted by molar-refractivity contribution is -0.125. The molecule has 6 nitrogen and oxygen atoms in total. The summed E-state index contributed by atoms with van der Waals surface area (Å²) in [4.78, 5) is 25.7. The van der Waals surface area contributed by atoms with Crippen molar-refractivity contribution in [2.75, 3.05) is 42.5 Å². The zero-order chi connectivity index (χ0) is 16.9. The number of hydrogen-bond donors (Lipinski definition) is 1. The second-order valence-corrected chi connectivity index (χ2v) is 7.33. The van der Waals surface area contributed by atoms with Gasteiger partial charge in [-0.1, -0.05) is 13.8 Å². The Morgan fingerprint density at radius 2 is 1.71 bits per heavy atom. The molecule has 2 saturated heterocycles. The van der Waals surface area contributed by atoms with Crippen molar-refractivity contribution in [1.29, 1.82) is 0 Å². The van der Waals surface area contributed by atoms with Gasteiger partial charge in [0.15, 0.2) is 0 Å². The van der Waals surface area contributed by atoms with E-state index in [4.69, 9.17) is 0 Å².